The van der Waals surface area contributed by atoms with Crippen molar-refractivity contribution in [2.75, 3.05) is 19.8 Å². The first kappa shape index (κ1) is 20.9. The molecule has 2 atom stereocenters. The molecular weight excluding hydrogens is 288 g/mol. The first-order chi connectivity index (χ1) is 10.3. The SMILES string of the molecule is CCOCCC(OCC)OC(=O)C(C)C(=O)OC(C)(C)CC. The van der Waals surface area contributed by atoms with Crippen molar-refractivity contribution in [2.24, 2.45) is 5.92 Å². The van der Waals surface area contributed by atoms with E-state index in [1.54, 1.807) is 13.8 Å². The lowest BCUT2D eigenvalue weighted by Crippen LogP contribution is -2.35. The number of carbonyl (C=O) groups is 2. The average Bonchev–Trinajstić information content (AvgIpc) is 2.46. The molecule has 0 bridgehead atoms. The van der Waals surface area contributed by atoms with Crippen LogP contribution in [0.2, 0.25) is 0 Å². The fourth-order valence-electron chi connectivity index (χ4n) is 1.45. The highest BCUT2D eigenvalue weighted by atomic mass is 16.7. The molecule has 130 valence electrons. The topological polar surface area (TPSA) is 71.1 Å². The largest absolute Gasteiger partial charge is 0.459 e. The van der Waals surface area contributed by atoms with E-state index in [-0.39, 0.29) is 0 Å². The van der Waals surface area contributed by atoms with E-state index < -0.39 is 29.7 Å². The lowest BCUT2D eigenvalue weighted by atomic mass is 10.1. The normalized spacial score (nSPS) is 14.3. The van der Waals surface area contributed by atoms with Crippen LogP contribution in [-0.2, 0) is 28.5 Å². The number of carbonyl (C=O) groups excluding carboxylic acids is 2. The van der Waals surface area contributed by atoms with E-state index >= 15 is 0 Å². The molecule has 0 aromatic carbocycles. The van der Waals surface area contributed by atoms with E-state index in [1.807, 2.05) is 20.8 Å². The molecular formula is C16H30O6. The summed E-state index contributed by atoms with van der Waals surface area (Å²) in [7, 11) is 0. The first-order valence-electron chi connectivity index (χ1n) is 7.90. The van der Waals surface area contributed by atoms with Crippen LogP contribution in [0.25, 0.3) is 0 Å². The molecule has 0 fully saturated rings. The molecule has 0 heterocycles. The van der Waals surface area contributed by atoms with E-state index in [2.05, 4.69) is 0 Å². The number of esters is 2. The van der Waals surface area contributed by atoms with Crippen LogP contribution >= 0.6 is 0 Å². The van der Waals surface area contributed by atoms with Gasteiger partial charge in [-0.3, -0.25) is 9.59 Å². The van der Waals surface area contributed by atoms with E-state index in [1.165, 1.54) is 6.92 Å². The van der Waals surface area contributed by atoms with Gasteiger partial charge in [-0.1, -0.05) is 6.92 Å². The summed E-state index contributed by atoms with van der Waals surface area (Å²) in [6, 6.07) is 0. The van der Waals surface area contributed by atoms with Crippen LogP contribution in [0.5, 0.6) is 0 Å². The maximum atomic E-state index is 12.0. The fourth-order valence-corrected chi connectivity index (χ4v) is 1.45. The van der Waals surface area contributed by atoms with E-state index in [0.29, 0.717) is 32.7 Å². The van der Waals surface area contributed by atoms with Gasteiger partial charge in [0.25, 0.3) is 0 Å². The van der Waals surface area contributed by atoms with Crippen molar-refractivity contribution >= 4 is 11.9 Å². The molecule has 6 nitrogen and oxygen atoms in total. The van der Waals surface area contributed by atoms with Crippen LogP contribution in [0.3, 0.4) is 0 Å². The predicted molar refractivity (Wildman–Crippen MR) is 82.2 cm³/mol. The summed E-state index contributed by atoms with van der Waals surface area (Å²) in [5.41, 5.74) is -0.597. The Balaban J connectivity index is 4.48. The lowest BCUT2D eigenvalue weighted by Gasteiger charge is -2.25. The molecule has 0 aliphatic carbocycles. The van der Waals surface area contributed by atoms with Gasteiger partial charge in [-0.2, -0.15) is 0 Å². The van der Waals surface area contributed by atoms with Crippen molar-refractivity contribution < 1.29 is 28.5 Å². The zero-order valence-electron chi connectivity index (χ0n) is 14.6. The Hall–Kier alpha value is -1.14. The Kier molecular flexibility index (Phi) is 10.0. The van der Waals surface area contributed by atoms with Crippen molar-refractivity contribution in [3.8, 4) is 0 Å². The van der Waals surface area contributed by atoms with Gasteiger partial charge in [0.1, 0.15) is 5.60 Å². The summed E-state index contributed by atoms with van der Waals surface area (Å²) in [5.74, 6) is -2.22. The summed E-state index contributed by atoms with van der Waals surface area (Å²) >= 11 is 0. The summed E-state index contributed by atoms with van der Waals surface area (Å²) < 4.78 is 21.1. The minimum atomic E-state index is -0.985. The van der Waals surface area contributed by atoms with Crippen molar-refractivity contribution in [3.05, 3.63) is 0 Å². The zero-order valence-corrected chi connectivity index (χ0v) is 14.6. The van der Waals surface area contributed by atoms with E-state index in [4.69, 9.17) is 18.9 Å². The molecule has 0 N–H and O–H groups in total. The van der Waals surface area contributed by atoms with Gasteiger partial charge in [0.05, 0.1) is 6.61 Å². The standard InChI is InChI=1S/C16H30O6/c1-7-16(5,6)22-15(18)12(4)14(17)21-13(20-9-3)10-11-19-8-2/h12-13H,7-11H2,1-6H3. The molecule has 0 saturated carbocycles. The van der Waals surface area contributed by atoms with Gasteiger partial charge in [0, 0.05) is 19.6 Å². The molecule has 0 aromatic heterocycles. The summed E-state index contributed by atoms with van der Waals surface area (Å²) in [5, 5.41) is 0. The molecule has 0 rings (SSSR count). The van der Waals surface area contributed by atoms with Crippen LogP contribution < -0.4 is 0 Å². The van der Waals surface area contributed by atoms with E-state index in [9.17, 15) is 9.59 Å². The van der Waals surface area contributed by atoms with E-state index in [0.717, 1.165) is 0 Å². The summed E-state index contributed by atoms with van der Waals surface area (Å²) in [4.78, 5) is 24.0. The molecule has 2 unspecified atom stereocenters. The van der Waals surface area contributed by atoms with Gasteiger partial charge in [0.2, 0.25) is 6.29 Å². The van der Waals surface area contributed by atoms with Gasteiger partial charge in [-0.05, 0) is 41.0 Å². The molecule has 0 aliphatic rings. The predicted octanol–water partition coefficient (Wildman–Crippen LogP) is 2.69. The first-order valence-corrected chi connectivity index (χ1v) is 7.90. The molecule has 0 aliphatic heterocycles. The van der Waals surface area contributed by atoms with Gasteiger partial charge in [-0.15, -0.1) is 0 Å². The number of hydrogen-bond donors (Lipinski definition) is 0. The van der Waals surface area contributed by atoms with Crippen molar-refractivity contribution in [1.82, 2.24) is 0 Å². The second kappa shape index (κ2) is 10.6. The Labute approximate surface area is 133 Å². The number of ether oxygens (including phenoxy) is 4. The monoisotopic (exact) mass is 318 g/mol. The van der Waals surface area contributed by atoms with Crippen LogP contribution in [0.1, 0.15) is 54.4 Å². The molecule has 6 heteroatoms. The highest BCUT2D eigenvalue weighted by molar-refractivity contribution is 5.94. The smallest absolute Gasteiger partial charge is 0.322 e. The second-order valence-corrected chi connectivity index (χ2v) is 5.56. The molecule has 0 aromatic rings. The fraction of sp³-hybridized carbons (Fsp3) is 0.875. The maximum Gasteiger partial charge on any atom is 0.322 e. The van der Waals surface area contributed by atoms with Crippen molar-refractivity contribution in [1.29, 1.82) is 0 Å². The third kappa shape index (κ3) is 8.34. The number of rotatable bonds is 11. The quantitative estimate of drug-likeness (QED) is 0.252. The van der Waals surface area contributed by atoms with Crippen LogP contribution in [0, 0.1) is 5.92 Å². The zero-order chi connectivity index (χ0) is 17.2. The third-order valence-electron chi connectivity index (χ3n) is 3.24. The third-order valence-corrected chi connectivity index (χ3v) is 3.24. The van der Waals surface area contributed by atoms with Crippen LogP contribution in [-0.4, -0.2) is 43.7 Å². The Bertz CT molecular complexity index is 340. The second-order valence-electron chi connectivity index (χ2n) is 5.56. The van der Waals surface area contributed by atoms with Crippen LogP contribution in [0.4, 0.5) is 0 Å². The van der Waals surface area contributed by atoms with Gasteiger partial charge in [-0.25, -0.2) is 0 Å². The molecule has 0 radical (unpaired) electrons. The van der Waals surface area contributed by atoms with Crippen LogP contribution in [0.15, 0.2) is 0 Å². The Morgan fingerprint density at radius 2 is 1.68 bits per heavy atom. The Morgan fingerprint density at radius 3 is 2.18 bits per heavy atom. The Morgan fingerprint density at radius 1 is 1.05 bits per heavy atom. The minimum Gasteiger partial charge on any atom is -0.459 e. The average molecular weight is 318 g/mol. The molecule has 0 amide bonds. The molecule has 0 saturated heterocycles. The highest BCUT2D eigenvalue weighted by Crippen LogP contribution is 2.17. The van der Waals surface area contributed by atoms with Gasteiger partial charge in [0.15, 0.2) is 5.92 Å². The number of hydrogen-bond acceptors (Lipinski definition) is 6. The lowest BCUT2D eigenvalue weighted by molar-refractivity contribution is -0.191. The van der Waals surface area contributed by atoms with Gasteiger partial charge < -0.3 is 18.9 Å². The molecule has 22 heavy (non-hydrogen) atoms. The summed E-state index contributed by atoms with van der Waals surface area (Å²) in [6.07, 6.45) is 0.380. The summed E-state index contributed by atoms with van der Waals surface area (Å²) in [6.45, 7) is 12.1. The minimum absolute atomic E-state index is 0.408. The highest BCUT2D eigenvalue weighted by Gasteiger charge is 2.31. The van der Waals surface area contributed by atoms with Gasteiger partial charge >= 0.3 is 11.9 Å². The van der Waals surface area contributed by atoms with Crippen molar-refractivity contribution in [2.45, 2.75) is 66.3 Å². The van der Waals surface area contributed by atoms with Crippen molar-refractivity contribution in [3.63, 3.8) is 0 Å². The molecule has 0 spiro atoms. The maximum absolute atomic E-state index is 12.0.